The number of nitrogens with one attached hydrogen (secondary N) is 2. The molecule has 3 aromatic carbocycles. The fraction of sp³-hybridized carbons (Fsp3) is 0. The molecule has 138 valence electrons. The van der Waals surface area contributed by atoms with Gasteiger partial charge in [0.2, 0.25) is 0 Å². The van der Waals surface area contributed by atoms with E-state index in [1.165, 1.54) is 30.3 Å². The third kappa shape index (κ3) is 5.01. The van der Waals surface area contributed by atoms with E-state index < -0.39 is 10.0 Å². The van der Waals surface area contributed by atoms with Crippen molar-refractivity contribution in [3.63, 3.8) is 0 Å². The molecule has 0 saturated heterocycles. The van der Waals surface area contributed by atoms with Crippen LogP contribution in [0.1, 0.15) is 10.4 Å². The number of sulfonamides is 1. The number of benzene rings is 3. The Labute approximate surface area is 167 Å². The molecule has 0 saturated carbocycles. The molecule has 0 fully saturated rings. The summed E-state index contributed by atoms with van der Waals surface area (Å²) in [6, 6.07) is 18.8. The van der Waals surface area contributed by atoms with Crippen LogP contribution >= 0.6 is 23.2 Å². The van der Waals surface area contributed by atoms with Gasteiger partial charge in [-0.3, -0.25) is 9.52 Å². The Morgan fingerprint density at radius 1 is 0.778 bits per heavy atom. The van der Waals surface area contributed by atoms with Crippen LogP contribution in [0.5, 0.6) is 0 Å². The smallest absolute Gasteiger partial charge is 0.261 e. The first kappa shape index (κ1) is 19.2. The number of halogens is 2. The van der Waals surface area contributed by atoms with Crippen molar-refractivity contribution in [2.75, 3.05) is 10.0 Å². The third-order valence-corrected chi connectivity index (χ3v) is 5.45. The molecule has 3 aromatic rings. The zero-order valence-electron chi connectivity index (χ0n) is 13.8. The lowest BCUT2D eigenvalue weighted by Crippen LogP contribution is -2.14. The van der Waals surface area contributed by atoms with Gasteiger partial charge in [0.25, 0.3) is 15.9 Å². The number of anilines is 2. The summed E-state index contributed by atoms with van der Waals surface area (Å²) in [7, 11) is -3.77. The van der Waals surface area contributed by atoms with Crippen molar-refractivity contribution in [2.45, 2.75) is 4.90 Å². The molecule has 0 spiro atoms. The molecule has 0 bridgehead atoms. The van der Waals surface area contributed by atoms with Crippen LogP contribution < -0.4 is 10.0 Å². The molecule has 1 amide bonds. The predicted octanol–water partition coefficient (Wildman–Crippen LogP) is 5.05. The number of hydrogen-bond donors (Lipinski definition) is 2. The highest BCUT2D eigenvalue weighted by Crippen LogP contribution is 2.21. The maximum atomic E-state index is 12.4. The first-order chi connectivity index (χ1) is 12.8. The van der Waals surface area contributed by atoms with Crippen LogP contribution in [-0.4, -0.2) is 14.3 Å². The van der Waals surface area contributed by atoms with Crippen molar-refractivity contribution in [3.05, 3.63) is 88.4 Å². The molecule has 27 heavy (non-hydrogen) atoms. The van der Waals surface area contributed by atoms with Crippen LogP contribution in [0, 0.1) is 0 Å². The lowest BCUT2D eigenvalue weighted by Gasteiger charge is -2.10. The molecule has 0 radical (unpaired) electrons. The second-order valence-electron chi connectivity index (χ2n) is 5.60. The Bertz CT molecular complexity index is 1080. The van der Waals surface area contributed by atoms with E-state index in [-0.39, 0.29) is 10.8 Å². The molecule has 0 aromatic heterocycles. The van der Waals surface area contributed by atoms with Gasteiger partial charge in [-0.2, -0.15) is 0 Å². The van der Waals surface area contributed by atoms with E-state index >= 15 is 0 Å². The standard InChI is InChI=1S/C19H14Cl2N2O3S/c20-14-4-1-3-13(11-14)19(24)22-16-7-9-18(10-8-16)27(25,26)23-17-6-2-5-15(21)12-17/h1-12,23H,(H,22,24). The summed E-state index contributed by atoms with van der Waals surface area (Å²) in [5, 5.41) is 3.57. The monoisotopic (exact) mass is 420 g/mol. The van der Waals surface area contributed by atoms with E-state index in [0.29, 0.717) is 27.0 Å². The highest BCUT2D eigenvalue weighted by Gasteiger charge is 2.15. The largest absolute Gasteiger partial charge is 0.322 e. The van der Waals surface area contributed by atoms with Crippen molar-refractivity contribution in [3.8, 4) is 0 Å². The van der Waals surface area contributed by atoms with Crippen LogP contribution in [-0.2, 0) is 10.0 Å². The maximum absolute atomic E-state index is 12.4. The lowest BCUT2D eigenvalue weighted by molar-refractivity contribution is 0.102. The number of amides is 1. The average molecular weight is 421 g/mol. The Morgan fingerprint density at radius 2 is 1.41 bits per heavy atom. The van der Waals surface area contributed by atoms with Gasteiger partial charge in [-0.15, -0.1) is 0 Å². The Morgan fingerprint density at radius 3 is 2.04 bits per heavy atom. The minimum Gasteiger partial charge on any atom is -0.322 e. The second-order valence-corrected chi connectivity index (χ2v) is 8.16. The van der Waals surface area contributed by atoms with Crippen molar-refractivity contribution < 1.29 is 13.2 Å². The highest BCUT2D eigenvalue weighted by atomic mass is 35.5. The van der Waals surface area contributed by atoms with Crippen LogP contribution in [0.15, 0.2) is 77.7 Å². The molecule has 0 aliphatic carbocycles. The summed E-state index contributed by atoms with van der Waals surface area (Å²) in [6.07, 6.45) is 0. The molecular formula is C19H14Cl2N2O3S. The van der Waals surface area contributed by atoms with E-state index in [0.717, 1.165) is 0 Å². The first-order valence-electron chi connectivity index (χ1n) is 7.79. The second kappa shape index (κ2) is 8.00. The van der Waals surface area contributed by atoms with Crippen LogP contribution in [0.3, 0.4) is 0 Å². The van der Waals surface area contributed by atoms with Crippen molar-refractivity contribution in [1.29, 1.82) is 0 Å². The average Bonchev–Trinajstić information content (AvgIpc) is 2.62. The predicted molar refractivity (Wildman–Crippen MR) is 108 cm³/mol. The number of carbonyl (C=O) groups is 1. The SMILES string of the molecule is O=C(Nc1ccc(S(=O)(=O)Nc2cccc(Cl)c2)cc1)c1cccc(Cl)c1. The van der Waals surface area contributed by atoms with Gasteiger partial charge in [0.1, 0.15) is 0 Å². The summed E-state index contributed by atoms with van der Waals surface area (Å²) in [6.45, 7) is 0. The molecule has 3 rings (SSSR count). The topological polar surface area (TPSA) is 75.3 Å². The van der Waals surface area contributed by atoms with Gasteiger partial charge in [0.05, 0.1) is 10.6 Å². The lowest BCUT2D eigenvalue weighted by atomic mass is 10.2. The summed E-state index contributed by atoms with van der Waals surface area (Å²) in [4.78, 5) is 12.3. The minimum absolute atomic E-state index is 0.0585. The Hall–Kier alpha value is -2.54. The summed E-state index contributed by atoms with van der Waals surface area (Å²) < 4.78 is 27.4. The molecule has 0 aliphatic heterocycles. The Balaban J connectivity index is 1.73. The van der Waals surface area contributed by atoms with Crippen LogP contribution in [0.25, 0.3) is 0 Å². The molecule has 0 heterocycles. The van der Waals surface area contributed by atoms with E-state index in [4.69, 9.17) is 23.2 Å². The third-order valence-electron chi connectivity index (χ3n) is 3.59. The van der Waals surface area contributed by atoms with Crippen molar-refractivity contribution in [1.82, 2.24) is 0 Å². The summed E-state index contributed by atoms with van der Waals surface area (Å²) >= 11 is 11.7. The fourth-order valence-corrected chi connectivity index (χ4v) is 3.75. The van der Waals surface area contributed by atoms with Crippen LogP contribution in [0.2, 0.25) is 10.0 Å². The van der Waals surface area contributed by atoms with Gasteiger partial charge in [0.15, 0.2) is 0 Å². The normalized spacial score (nSPS) is 11.0. The highest BCUT2D eigenvalue weighted by molar-refractivity contribution is 7.92. The number of rotatable bonds is 5. The van der Waals surface area contributed by atoms with E-state index in [2.05, 4.69) is 10.0 Å². The molecule has 2 N–H and O–H groups in total. The van der Waals surface area contributed by atoms with Crippen molar-refractivity contribution in [2.24, 2.45) is 0 Å². The molecule has 0 unspecified atom stereocenters. The van der Waals surface area contributed by atoms with E-state index in [1.54, 1.807) is 42.5 Å². The van der Waals surface area contributed by atoms with E-state index in [9.17, 15) is 13.2 Å². The Kier molecular flexibility index (Phi) is 5.70. The summed E-state index contributed by atoms with van der Waals surface area (Å²) in [5.74, 6) is -0.342. The summed E-state index contributed by atoms with van der Waals surface area (Å²) in [5.41, 5.74) is 1.23. The van der Waals surface area contributed by atoms with Gasteiger partial charge in [-0.1, -0.05) is 35.3 Å². The number of carbonyl (C=O) groups excluding carboxylic acids is 1. The van der Waals surface area contributed by atoms with Gasteiger partial charge in [-0.25, -0.2) is 8.42 Å². The minimum atomic E-state index is -3.77. The zero-order valence-corrected chi connectivity index (χ0v) is 16.1. The van der Waals surface area contributed by atoms with Gasteiger partial charge in [-0.05, 0) is 60.7 Å². The molecule has 8 heteroatoms. The van der Waals surface area contributed by atoms with Gasteiger partial charge >= 0.3 is 0 Å². The van der Waals surface area contributed by atoms with Crippen molar-refractivity contribution >= 4 is 50.5 Å². The van der Waals surface area contributed by atoms with Crippen LogP contribution in [0.4, 0.5) is 11.4 Å². The quantitative estimate of drug-likeness (QED) is 0.606. The van der Waals surface area contributed by atoms with E-state index in [1.807, 2.05) is 0 Å². The fourth-order valence-electron chi connectivity index (χ4n) is 2.32. The maximum Gasteiger partial charge on any atom is 0.261 e. The number of hydrogen-bond acceptors (Lipinski definition) is 3. The van der Waals surface area contributed by atoms with Gasteiger partial charge < -0.3 is 5.32 Å². The molecule has 5 nitrogen and oxygen atoms in total. The van der Waals surface area contributed by atoms with Gasteiger partial charge in [0, 0.05) is 21.3 Å². The first-order valence-corrected chi connectivity index (χ1v) is 10.0. The molecule has 0 atom stereocenters. The molecular weight excluding hydrogens is 407 g/mol. The molecule has 0 aliphatic rings. The zero-order chi connectivity index (χ0) is 19.4.